The Morgan fingerprint density at radius 2 is 0.688 bits per heavy atom. The molecule has 0 amide bonds. The standard InChI is InChI=1S/C89H70N2O2/c1-7-25-59(26-8-1)61-47-51-67(52-48-61)90(81-45-23-43-76-74-41-21-39-70(85(74)92-87(76)81)63-29-11-3-12-30-63)69-55-56-78-79(57-69)89(65-33-15-5-16-34-65,66-35-17-6-18-36-66)80-58-83(72-37-19-20-38-73(72)84(78)80)91(68-53-49-62(50-54-68)60-27-9-2-10-28-60)82-46-24-44-77-75-42-22-40-71(86(75)93-88(77)82)64-31-13-4-14-32-64/h3-6,11-24,29-60H,1-2,7-10,25-28H2. The van der Waals surface area contributed by atoms with Gasteiger partial charge in [0.1, 0.15) is 11.2 Å². The Labute approximate surface area is 543 Å². The van der Waals surface area contributed by atoms with E-state index in [1.165, 1.54) is 114 Å². The van der Waals surface area contributed by atoms with Crippen LogP contribution in [0.5, 0.6) is 0 Å². The Hall–Kier alpha value is -10.7. The Kier molecular flexibility index (Phi) is 13.6. The van der Waals surface area contributed by atoms with Crippen molar-refractivity contribution in [2.24, 2.45) is 0 Å². The van der Waals surface area contributed by atoms with E-state index in [9.17, 15) is 0 Å². The molecule has 2 aromatic heterocycles. The summed E-state index contributed by atoms with van der Waals surface area (Å²) in [7, 11) is 0. The van der Waals surface area contributed by atoms with Crippen LogP contribution in [0.2, 0.25) is 0 Å². The van der Waals surface area contributed by atoms with Crippen LogP contribution in [-0.4, -0.2) is 0 Å². The van der Waals surface area contributed by atoms with E-state index in [0.29, 0.717) is 11.8 Å². The molecule has 448 valence electrons. The monoisotopic (exact) mass is 1200 g/mol. The molecule has 0 bridgehead atoms. The van der Waals surface area contributed by atoms with Crippen molar-refractivity contribution in [2.45, 2.75) is 81.5 Å². The molecule has 0 N–H and O–H groups in total. The highest BCUT2D eigenvalue weighted by Crippen LogP contribution is 2.62. The SMILES string of the molecule is c1ccc(-c2cccc3c2oc2c(N(c4ccc(C5CCCCC5)cc4)c4ccc5c(c4)C(c4ccccc4)(c4ccccc4)c4cc(N(c6ccc(C7CCCCC7)cc6)c6cccc7c6oc6c(-c8ccccc8)cccc67)c6ccccc6c4-5)cccc23)cc1. The number of nitrogens with zero attached hydrogens (tertiary/aromatic N) is 2. The van der Waals surface area contributed by atoms with Crippen LogP contribution >= 0.6 is 0 Å². The molecular weight excluding hydrogens is 1130 g/mol. The topological polar surface area (TPSA) is 32.8 Å². The van der Waals surface area contributed by atoms with Gasteiger partial charge in [-0.3, -0.25) is 0 Å². The van der Waals surface area contributed by atoms with Crippen molar-refractivity contribution < 1.29 is 8.83 Å². The molecule has 18 rings (SSSR count). The molecule has 0 aliphatic heterocycles. The summed E-state index contributed by atoms with van der Waals surface area (Å²) in [5, 5.41) is 6.71. The normalized spacial score (nSPS) is 14.9. The quantitative estimate of drug-likeness (QED) is 0.122. The van der Waals surface area contributed by atoms with Crippen LogP contribution < -0.4 is 9.80 Å². The predicted octanol–water partition coefficient (Wildman–Crippen LogP) is 25.4. The Bertz CT molecular complexity index is 5230. The molecule has 2 heterocycles. The highest BCUT2D eigenvalue weighted by molar-refractivity contribution is 6.17. The van der Waals surface area contributed by atoms with Gasteiger partial charge in [0, 0.05) is 55.1 Å². The summed E-state index contributed by atoms with van der Waals surface area (Å²) < 4.78 is 14.8. The number of anilines is 6. The number of para-hydroxylation sites is 4. The maximum atomic E-state index is 7.41. The predicted molar refractivity (Wildman–Crippen MR) is 388 cm³/mol. The van der Waals surface area contributed by atoms with E-state index in [1.54, 1.807) is 0 Å². The van der Waals surface area contributed by atoms with Crippen molar-refractivity contribution >= 4 is 88.8 Å². The maximum absolute atomic E-state index is 7.41. The van der Waals surface area contributed by atoms with Gasteiger partial charge >= 0.3 is 0 Å². The van der Waals surface area contributed by atoms with E-state index in [-0.39, 0.29) is 0 Å². The average molecular weight is 1200 g/mol. The summed E-state index contributed by atoms with van der Waals surface area (Å²) in [4.78, 5) is 4.99. The summed E-state index contributed by atoms with van der Waals surface area (Å²) >= 11 is 0. The largest absolute Gasteiger partial charge is 0.453 e. The van der Waals surface area contributed by atoms with Crippen LogP contribution in [0.25, 0.3) is 88.0 Å². The zero-order valence-corrected chi connectivity index (χ0v) is 52.1. The van der Waals surface area contributed by atoms with Crippen molar-refractivity contribution in [3.63, 3.8) is 0 Å². The second kappa shape index (κ2) is 22.9. The molecule has 4 heteroatoms. The Morgan fingerprint density at radius 3 is 1.19 bits per heavy atom. The summed E-state index contributed by atoms with van der Waals surface area (Å²) in [5.74, 6) is 1.14. The first-order valence-electron chi connectivity index (χ1n) is 33.8. The number of hydrogen-bond donors (Lipinski definition) is 0. The van der Waals surface area contributed by atoms with Crippen LogP contribution in [0.4, 0.5) is 34.1 Å². The number of rotatable bonds is 12. The van der Waals surface area contributed by atoms with Crippen LogP contribution in [-0.2, 0) is 5.41 Å². The number of benzene rings is 13. The molecule has 0 unspecified atom stereocenters. The molecule has 2 saturated carbocycles. The zero-order valence-electron chi connectivity index (χ0n) is 52.1. The first-order chi connectivity index (χ1) is 46.2. The van der Waals surface area contributed by atoms with Gasteiger partial charge in [0.05, 0.1) is 22.5 Å². The van der Waals surface area contributed by atoms with Gasteiger partial charge in [-0.2, -0.15) is 0 Å². The van der Waals surface area contributed by atoms with Crippen LogP contribution in [0, 0.1) is 0 Å². The van der Waals surface area contributed by atoms with Crippen molar-refractivity contribution in [1.29, 1.82) is 0 Å². The lowest BCUT2D eigenvalue weighted by molar-refractivity contribution is 0.443. The van der Waals surface area contributed by atoms with E-state index in [2.05, 4.69) is 301 Å². The summed E-state index contributed by atoms with van der Waals surface area (Å²) in [5.41, 5.74) is 23.5. The highest BCUT2D eigenvalue weighted by atomic mass is 16.3. The Balaban J connectivity index is 0.896. The second-order valence-electron chi connectivity index (χ2n) is 26.2. The van der Waals surface area contributed by atoms with E-state index >= 15 is 0 Å². The van der Waals surface area contributed by atoms with Crippen molar-refractivity contribution in [3.05, 3.63) is 325 Å². The highest BCUT2D eigenvalue weighted by Gasteiger charge is 2.48. The fourth-order valence-electron chi connectivity index (χ4n) is 16.8. The van der Waals surface area contributed by atoms with Gasteiger partial charge in [0.25, 0.3) is 0 Å². The van der Waals surface area contributed by atoms with Gasteiger partial charge in [-0.1, -0.05) is 275 Å². The van der Waals surface area contributed by atoms with E-state index in [1.807, 2.05) is 0 Å². The fraction of sp³-hybridized carbons (Fsp3) is 0.146. The molecule has 3 aliphatic rings. The van der Waals surface area contributed by atoms with E-state index < -0.39 is 5.41 Å². The first kappa shape index (κ1) is 55.2. The summed E-state index contributed by atoms with van der Waals surface area (Å²) in [6, 6.07) is 109. The second-order valence-corrected chi connectivity index (χ2v) is 26.2. The Morgan fingerprint density at radius 1 is 0.280 bits per heavy atom. The van der Waals surface area contributed by atoms with Gasteiger partial charge in [-0.05, 0) is 153 Å². The van der Waals surface area contributed by atoms with E-state index in [0.717, 1.165) is 106 Å². The van der Waals surface area contributed by atoms with Crippen molar-refractivity contribution in [1.82, 2.24) is 0 Å². The van der Waals surface area contributed by atoms with Gasteiger partial charge in [0.2, 0.25) is 0 Å². The smallest absolute Gasteiger partial charge is 0.159 e. The minimum Gasteiger partial charge on any atom is -0.453 e. The lowest BCUT2D eigenvalue weighted by Crippen LogP contribution is -2.29. The lowest BCUT2D eigenvalue weighted by Gasteiger charge is -2.36. The third-order valence-electron chi connectivity index (χ3n) is 21.1. The third kappa shape index (κ3) is 9.08. The molecule has 93 heavy (non-hydrogen) atoms. The number of furan rings is 2. The molecule has 0 saturated heterocycles. The molecule has 13 aromatic carbocycles. The molecule has 15 aromatic rings. The molecule has 0 radical (unpaired) electrons. The van der Waals surface area contributed by atoms with Crippen molar-refractivity contribution in [2.75, 3.05) is 9.80 Å². The zero-order chi connectivity index (χ0) is 61.4. The minimum atomic E-state index is -0.805. The number of hydrogen-bond acceptors (Lipinski definition) is 4. The maximum Gasteiger partial charge on any atom is 0.159 e. The molecule has 3 aliphatic carbocycles. The molecule has 2 fully saturated rings. The molecule has 0 spiro atoms. The van der Waals surface area contributed by atoms with Gasteiger partial charge in [0.15, 0.2) is 11.2 Å². The third-order valence-corrected chi connectivity index (χ3v) is 21.1. The summed E-state index contributed by atoms with van der Waals surface area (Å²) in [6.45, 7) is 0. The summed E-state index contributed by atoms with van der Waals surface area (Å²) in [6.07, 6.45) is 12.7. The van der Waals surface area contributed by atoms with Gasteiger partial charge < -0.3 is 18.6 Å². The average Bonchev–Trinajstić information content (AvgIpc) is 1.54. The molecule has 4 nitrogen and oxygen atoms in total. The molecule has 0 atom stereocenters. The fourth-order valence-corrected chi connectivity index (χ4v) is 16.8. The van der Waals surface area contributed by atoms with Gasteiger partial charge in [-0.15, -0.1) is 0 Å². The lowest BCUT2D eigenvalue weighted by atomic mass is 9.67. The minimum absolute atomic E-state index is 0.564. The van der Waals surface area contributed by atoms with Gasteiger partial charge in [-0.25, -0.2) is 0 Å². The van der Waals surface area contributed by atoms with Crippen molar-refractivity contribution in [3.8, 4) is 33.4 Å². The molecular formula is C89H70N2O2. The van der Waals surface area contributed by atoms with E-state index in [4.69, 9.17) is 8.83 Å². The first-order valence-corrected chi connectivity index (χ1v) is 33.8. The van der Waals surface area contributed by atoms with Crippen LogP contribution in [0.15, 0.2) is 300 Å². The van der Waals surface area contributed by atoms with Crippen LogP contribution in [0.1, 0.15) is 109 Å². The number of fused-ring (bicyclic) bond motifs is 11. The van der Waals surface area contributed by atoms with Crippen LogP contribution in [0.3, 0.4) is 0 Å².